The van der Waals surface area contributed by atoms with Crippen molar-refractivity contribution in [1.82, 2.24) is 19.6 Å². The molecule has 0 spiro atoms. The van der Waals surface area contributed by atoms with Crippen molar-refractivity contribution in [1.29, 1.82) is 0 Å². The summed E-state index contributed by atoms with van der Waals surface area (Å²) in [6.07, 6.45) is 4.11. The molecule has 0 aliphatic heterocycles. The van der Waals surface area contributed by atoms with Crippen molar-refractivity contribution in [2.45, 2.75) is 13.0 Å². The fraction of sp³-hybridized carbons (Fsp3) is 0.300. The molecule has 0 aliphatic carbocycles. The molecule has 0 atom stereocenters. The first-order valence-electron chi connectivity index (χ1n) is 5.17. The number of aryl methyl sites for hydroxylation is 3. The predicted octanol–water partition coefficient (Wildman–Crippen LogP) is -0.460. The van der Waals surface area contributed by atoms with Gasteiger partial charge in [-0.25, -0.2) is 0 Å². The van der Waals surface area contributed by atoms with Gasteiger partial charge in [0.25, 0.3) is 5.91 Å². The molecule has 4 N–H and O–H groups in total. The molecule has 90 valence electrons. The van der Waals surface area contributed by atoms with Crippen molar-refractivity contribution in [3.05, 3.63) is 29.8 Å². The standard InChI is InChI=1S/C10H14N6O/c1-15-7(2-4-13-15)3-5-16-6-8(11)9(14-16)10(12)17/h2,4,6H,3,5,11H2,1H3,(H2,12,17). The van der Waals surface area contributed by atoms with Gasteiger partial charge in [-0.3, -0.25) is 14.2 Å². The molecule has 0 aromatic carbocycles. The van der Waals surface area contributed by atoms with E-state index in [-0.39, 0.29) is 5.69 Å². The molecule has 7 nitrogen and oxygen atoms in total. The second-order valence-corrected chi connectivity index (χ2v) is 3.76. The van der Waals surface area contributed by atoms with Gasteiger partial charge in [-0.1, -0.05) is 0 Å². The molecule has 1 amide bonds. The van der Waals surface area contributed by atoms with E-state index in [2.05, 4.69) is 10.2 Å². The largest absolute Gasteiger partial charge is 0.396 e. The van der Waals surface area contributed by atoms with E-state index in [9.17, 15) is 4.79 Å². The minimum absolute atomic E-state index is 0.120. The predicted molar refractivity (Wildman–Crippen MR) is 62.1 cm³/mol. The van der Waals surface area contributed by atoms with Gasteiger partial charge in [-0.05, 0) is 6.07 Å². The number of hydrogen-bond donors (Lipinski definition) is 2. The molecule has 0 aliphatic rings. The summed E-state index contributed by atoms with van der Waals surface area (Å²) in [7, 11) is 1.88. The van der Waals surface area contributed by atoms with Gasteiger partial charge < -0.3 is 11.5 Å². The summed E-state index contributed by atoms with van der Waals surface area (Å²) in [5.41, 5.74) is 12.3. The van der Waals surface area contributed by atoms with Crippen LogP contribution in [0.4, 0.5) is 5.69 Å². The van der Waals surface area contributed by atoms with Crippen LogP contribution in [0.15, 0.2) is 18.5 Å². The first kappa shape index (κ1) is 11.2. The van der Waals surface area contributed by atoms with Crippen molar-refractivity contribution >= 4 is 11.6 Å². The Morgan fingerprint density at radius 1 is 1.53 bits per heavy atom. The van der Waals surface area contributed by atoms with E-state index in [1.807, 2.05) is 13.1 Å². The van der Waals surface area contributed by atoms with Crippen LogP contribution in [0.1, 0.15) is 16.2 Å². The lowest BCUT2D eigenvalue weighted by atomic mass is 10.3. The first-order valence-corrected chi connectivity index (χ1v) is 5.17. The highest BCUT2D eigenvalue weighted by molar-refractivity contribution is 5.95. The molecular weight excluding hydrogens is 220 g/mol. The number of primary amides is 1. The SMILES string of the molecule is Cn1nccc1CCn1cc(N)c(C(N)=O)n1. The van der Waals surface area contributed by atoms with Crippen LogP contribution < -0.4 is 11.5 Å². The molecule has 0 saturated heterocycles. The molecule has 0 unspecified atom stereocenters. The Labute approximate surface area is 98.0 Å². The van der Waals surface area contributed by atoms with Gasteiger partial charge in [0.2, 0.25) is 0 Å². The molecule has 2 heterocycles. The number of aromatic nitrogens is 4. The highest BCUT2D eigenvalue weighted by atomic mass is 16.1. The van der Waals surface area contributed by atoms with Crippen LogP contribution in [0.25, 0.3) is 0 Å². The lowest BCUT2D eigenvalue weighted by Crippen LogP contribution is -2.14. The zero-order valence-corrected chi connectivity index (χ0v) is 9.50. The average Bonchev–Trinajstić information content (AvgIpc) is 2.82. The second-order valence-electron chi connectivity index (χ2n) is 3.76. The number of carbonyl (C=O) groups is 1. The van der Waals surface area contributed by atoms with E-state index in [1.54, 1.807) is 21.8 Å². The monoisotopic (exact) mass is 234 g/mol. The summed E-state index contributed by atoms with van der Waals surface area (Å²) in [6, 6.07) is 1.93. The third kappa shape index (κ3) is 2.27. The van der Waals surface area contributed by atoms with Crippen molar-refractivity contribution in [3.63, 3.8) is 0 Å². The van der Waals surface area contributed by atoms with Crippen molar-refractivity contribution in [2.75, 3.05) is 5.73 Å². The number of hydrogen-bond acceptors (Lipinski definition) is 4. The summed E-state index contributed by atoms with van der Waals surface area (Å²) < 4.78 is 3.41. The van der Waals surface area contributed by atoms with Crippen molar-refractivity contribution in [3.8, 4) is 0 Å². The molecule has 17 heavy (non-hydrogen) atoms. The van der Waals surface area contributed by atoms with E-state index in [1.165, 1.54) is 0 Å². The van der Waals surface area contributed by atoms with E-state index < -0.39 is 5.91 Å². The zero-order valence-electron chi connectivity index (χ0n) is 9.50. The fourth-order valence-corrected chi connectivity index (χ4v) is 1.62. The van der Waals surface area contributed by atoms with Crippen LogP contribution in [-0.4, -0.2) is 25.5 Å². The van der Waals surface area contributed by atoms with Gasteiger partial charge in [-0.2, -0.15) is 10.2 Å². The van der Waals surface area contributed by atoms with Gasteiger partial charge in [0.1, 0.15) is 0 Å². The summed E-state index contributed by atoms with van der Waals surface area (Å²) in [5.74, 6) is -0.609. The van der Waals surface area contributed by atoms with Gasteiger partial charge in [0.05, 0.1) is 5.69 Å². The van der Waals surface area contributed by atoms with Gasteiger partial charge in [0.15, 0.2) is 5.69 Å². The number of anilines is 1. The van der Waals surface area contributed by atoms with Crippen LogP contribution in [0.5, 0.6) is 0 Å². The van der Waals surface area contributed by atoms with Crippen LogP contribution >= 0.6 is 0 Å². The quantitative estimate of drug-likeness (QED) is 0.746. The normalized spacial score (nSPS) is 10.6. The minimum Gasteiger partial charge on any atom is -0.396 e. The zero-order chi connectivity index (χ0) is 12.4. The molecule has 0 bridgehead atoms. The molecule has 0 radical (unpaired) electrons. The first-order chi connectivity index (χ1) is 8.08. The maximum atomic E-state index is 11.0. The van der Waals surface area contributed by atoms with Crippen LogP contribution in [0, 0.1) is 0 Å². The lowest BCUT2D eigenvalue weighted by Gasteiger charge is -2.02. The van der Waals surface area contributed by atoms with Crippen molar-refractivity contribution in [2.24, 2.45) is 12.8 Å². The Balaban J connectivity index is 2.07. The Kier molecular flexibility index (Phi) is 2.82. The smallest absolute Gasteiger partial charge is 0.271 e. The van der Waals surface area contributed by atoms with Crippen LogP contribution in [0.2, 0.25) is 0 Å². The lowest BCUT2D eigenvalue weighted by molar-refractivity contribution is 0.0995. The third-order valence-corrected chi connectivity index (χ3v) is 2.54. The number of nitrogens with zero attached hydrogens (tertiary/aromatic N) is 4. The minimum atomic E-state index is -0.609. The molecule has 7 heteroatoms. The number of rotatable bonds is 4. The number of carbonyl (C=O) groups excluding carboxylic acids is 1. The Morgan fingerprint density at radius 2 is 2.29 bits per heavy atom. The molecule has 2 aromatic heterocycles. The van der Waals surface area contributed by atoms with Gasteiger partial charge >= 0.3 is 0 Å². The van der Waals surface area contributed by atoms with Crippen LogP contribution in [-0.2, 0) is 20.0 Å². The van der Waals surface area contributed by atoms with Crippen molar-refractivity contribution < 1.29 is 4.79 Å². The summed E-state index contributed by atoms with van der Waals surface area (Å²) in [4.78, 5) is 11.0. The maximum Gasteiger partial charge on any atom is 0.271 e. The third-order valence-electron chi connectivity index (χ3n) is 2.54. The molecule has 0 fully saturated rings. The highest BCUT2D eigenvalue weighted by Crippen LogP contribution is 2.09. The van der Waals surface area contributed by atoms with Crippen LogP contribution in [0.3, 0.4) is 0 Å². The van der Waals surface area contributed by atoms with E-state index >= 15 is 0 Å². The number of amides is 1. The molecule has 0 saturated carbocycles. The Bertz CT molecular complexity index is 541. The Hall–Kier alpha value is -2.31. The molecule has 2 aromatic rings. The highest BCUT2D eigenvalue weighted by Gasteiger charge is 2.11. The Morgan fingerprint density at radius 3 is 2.82 bits per heavy atom. The van der Waals surface area contributed by atoms with E-state index in [0.717, 1.165) is 12.1 Å². The second kappa shape index (κ2) is 4.28. The molecule has 2 rings (SSSR count). The van der Waals surface area contributed by atoms with Gasteiger partial charge in [0, 0.05) is 38.1 Å². The summed E-state index contributed by atoms with van der Waals surface area (Å²) in [5, 5.41) is 8.09. The van der Waals surface area contributed by atoms with E-state index in [0.29, 0.717) is 12.2 Å². The topological polar surface area (TPSA) is 105 Å². The maximum absolute atomic E-state index is 11.0. The van der Waals surface area contributed by atoms with Gasteiger partial charge in [-0.15, -0.1) is 0 Å². The summed E-state index contributed by atoms with van der Waals surface area (Å²) >= 11 is 0. The molecular formula is C10H14N6O. The number of nitrogen functional groups attached to an aromatic ring is 1. The van der Waals surface area contributed by atoms with E-state index in [4.69, 9.17) is 11.5 Å². The summed E-state index contributed by atoms with van der Waals surface area (Å²) in [6.45, 7) is 0.622. The average molecular weight is 234 g/mol. The number of nitrogens with two attached hydrogens (primary N) is 2. The fourth-order valence-electron chi connectivity index (χ4n) is 1.62.